The molecule has 0 unspecified atom stereocenters. The fraction of sp³-hybridized carbons (Fsp3) is 0.207. The molecule has 0 aliphatic carbocycles. The van der Waals surface area contributed by atoms with Gasteiger partial charge in [-0.3, -0.25) is 0 Å². The molecule has 4 rings (SSSR count). The third-order valence-corrected chi connectivity index (χ3v) is 5.05. The van der Waals surface area contributed by atoms with E-state index in [-0.39, 0.29) is 17.0 Å². The summed E-state index contributed by atoms with van der Waals surface area (Å²) in [5.41, 5.74) is 2.63. The van der Waals surface area contributed by atoms with E-state index in [1.54, 1.807) is 24.5 Å². The van der Waals surface area contributed by atoms with Crippen LogP contribution in [0.1, 0.15) is 11.1 Å². The van der Waals surface area contributed by atoms with Gasteiger partial charge in [-0.15, -0.1) is 0 Å². The first-order valence-electron chi connectivity index (χ1n) is 11.7. The molecule has 1 amide bonds. The van der Waals surface area contributed by atoms with Gasteiger partial charge < -0.3 is 42.0 Å². The fourth-order valence-electron chi connectivity index (χ4n) is 3.10. The molecule has 0 atom stereocenters. The summed E-state index contributed by atoms with van der Waals surface area (Å²) in [4.78, 5) is 10.5. The normalized spacial score (nSPS) is 9.46. The molecular weight excluding hydrogens is 534 g/mol. The lowest BCUT2D eigenvalue weighted by atomic mass is 10.1. The number of aryl methyl sites for hydroxylation is 4. The standard InChI is InChI=1S/2C13H13NO.C3H7NO2.BrH/c2*15-13-7-4-9-14(11-13)10-8-12-5-2-1-3-6-12;1-4(2)3(5)6;/h2*1-7,9,11H,8,10H2;1-2H3,(H,5,6);1H. The lowest BCUT2D eigenvalue weighted by Gasteiger charge is -2.10. The van der Waals surface area contributed by atoms with Crippen LogP contribution in [0.25, 0.3) is 0 Å². The Morgan fingerprint density at radius 2 is 1.05 bits per heavy atom. The van der Waals surface area contributed by atoms with Gasteiger partial charge in [0.15, 0.2) is 37.0 Å². The monoisotopic (exact) mass is 567 g/mol. The van der Waals surface area contributed by atoms with Gasteiger partial charge in [-0.1, -0.05) is 60.7 Å². The number of aromatic hydroxyl groups is 2. The molecule has 0 saturated heterocycles. The lowest BCUT2D eigenvalue weighted by Crippen LogP contribution is -3.00. The number of aromatic nitrogens is 2. The molecule has 2 N–H and O–H groups in total. The molecule has 196 valence electrons. The maximum Gasteiger partial charge on any atom is 0.210 e. The molecule has 2 aromatic carbocycles. The van der Waals surface area contributed by atoms with Gasteiger partial charge in [-0.25, -0.2) is 9.13 Å². The number of nitrogens with zero attached hydrogens (tertiary/aromatic N) is 3. The number of benzene rings is 2. The van der Waals surface area contributed by atoms with Crippen LogP contribution in [0.2, 0.25) is 0 Å². The van der Waals surface area contributed by atoms with Crippen molar-refractivity contribution in [2.75, 3.05) is 14.1 Å². The van der Waals surface area contributed by atoms with E-state index < -0.39 is 6.09 Å². The van der Waals surface area contributed by atoms with Gasteiger partial charge in [0.25, 0.3) is 0 Å². The second-order valence-corrected chi connectivity index (χ2v) is 8.23. The zero-order valence-electron chi connectivity index (χ0n) is 21.2. The Kier molecular flexibility index (Phi) is 14.7. The average molecular weight is 569 g/mol. The van der Waals surface area contributed by atoms with Crippen LogP contribution < -0.4 is 31.2 Å². The number of pyridine rings is 2. The van der Waals surface area contributed by atoms with Crippen molar-refractivity contribution >= 4 is 6.09 Å². The van der Waals surface area contributed by atoms with E-state index in [0.29, 0.717) is 11.5 Å². The highest BCUT2D eigenvalue weighted by molar-refractivity contribution is 5.61. The van der Waals surface area contributed by atoms with Crippen molar-refractivity contribution in [3.63, 3.8) is 0 Å². The first-order chi connectivity index (χ1) is 17.3. The van der Waals surface area contributed by atoms with E-state index in [9.17, 15) is 20.1 Å². The summed E-state index contributed by atoms with van der Waals surface area (Å²) in [5.74, 6) is 0.621. The molecule has 4 aromatic rings. The number of rotatable bonds is 6. The quantitative estimate of drug-likeness (QED) is 0.314. The van der Waals surface area contributed by atoms with Crippen molar-refractivity contribution in [3.05, 3.63) is 121 Å². The molecule has 0 bridgehead atoms. The average Bonchev–Trinajstić information content (AvgIpc) is 2.88. The fourth-order valence-corrected chi connectivity index (χ4v) is 3.10. The molecule has 0 fully saturated rings. The van der Waals surface area contributed by atoms with Crippen LogP contribution >= 0.6 is 0 Å². The van der Waals surface area contributed by atoms with Crippen LogP contribution in [-0.4, -0.2) is 35.3 Å². The number of carbonyl (C=O) groups excluding carboxylic acids is 1. The molecule has 2 aromatic heterocycles. The predicted molar refractivity (Wildman–Crippen MR) is 136 cm³/mol. The summed E-state index contributed by atoms with van der Waals surface area (Å²) >= 11 is 0. The highest BCUT2D eigenvalue weighted by atomic mass is 79.9. The van der Waals surface area contributed by atoms with Crippen molar-refractivity contribution in [2.24, 2.45) is 0 Å². The molecule has 7 nitrogen and oxygen atoms in total. The number of amides is 1. The van der Waals surface area contributed by atoms with Gasteiger partial charge in [-0.2, -0.15) is 0 Å². The van der Waals surface area contributed by atoms with E-state index in [1.165, 1.54) is 25.2 Å². The van der Waals surface area contributed by atoms with Crippen LogP contribution in [0.4, 0.5) is 4.79 Å². The largest absolute Gasteiger partial charge is 1.00 e. The number of carbonyl (C=O) groups is 1. The van der Waals surface area contributed by atoms with E-state index in [1.807, 2.05) is 70.1 Å². The third-order valence-electron chi connectivity index (χ3n) is 5.05. The summed E-state index contributed by atoms with van der Waals surface area (Å²) < 4.78 is 3.98. The van der Waals surface area contributed by atoms with Crippen molar-refractivity contribution in [2.45, 2.75) is 25.9 Å². The Morgan fingerprint density at radius 1 is 0.703 bits per heavy atom. The minimum atomic E-state index is -1.16. The number of carboxylic acid groups (broad SMARTS) is 1. The van der Waals surface area contributed by atoms with Crippen LogP contribution in [0.3, 0.4) is 0 Å². The molecule has 0 aliphatic rings. The summed E-state index contributed by atoms with van der Waals surface area (Å²) in [6.45, 7) is 1.77. The van der Waals surface area contributed by atoms with E-state index >= 15 is 0 Å². The highest BCUT2D eigenvalue weighted by Gasteiger charge is 2.02. The Morgan fingerprint density at radius 3 is 1.35 bits per heavy atom. The summed E-state index contributed by atoms with van der Waals surface area (Å²) in [5, 5.41) is 28.1. The predicted octanol–water partition coefficient (Wildman–Crippen LogP) is -0.260. The smallest absolute Gasteiger partial charge is 0.210 e. The molecule has 0 radical (unpaired) electrons. The molecule has 37 heavy (non-hydrogen) atoms. The van der Waals surface area contributed by atoms with Crippen LogP contribution in [0.15, 0.2) is 110 Å². The SMILES string of the molecule is CN(C)C(=O)[O-].Oc1ccc[n+](CCc2ccccc2)c1.Oc1ccc[n+](CCc2ccccc2)c1.[Br-]. The molecule has 2 heterocycles. The van der Waals surface area contributed by atoms with Crippen LogP contribution in [0, 0.1) is 0 Å². The van der Waals surface area contributed by atoms with Gasteiger partial charge in [0.1, 0.15) is 6.09 Å². The molecule has 0 spiro atoms. The maximum atomic E-state index is 9.51. The Hall–Kier alpha value is -3.91. The van der Waals surface area contributed by atoms with Crippen LogP contribution in [-0.2, 0) is 25.9 Å². The Bertz CT molecular complexity index is 1090. The van der Waals surface area contributed by atoms with Gasteiger partial charge in [0, 0.05) is 39.1 Å². The number of hydrogen-bond acceptors (Lipinski definition) is 4. The zero-order valence-corrected chi connectivity index (χ0v) is 22.7. The van der Waals surface area contributed by atoms with Crippen molar-refractivity contribution < 1.29 is 46.2 Å². The lowest BCUT2D eigenvalue weighted by molar-refractivity contribution is -0.696. The van der Waals surface area contributed by atoms with E-state index in [2.05, 4.69) is 24.3 Å². The maximum absolute atomic E-state index is 9.51. The second kappa shape index (κ2) is 17.5. The van der Waals surface area contributed by atoms with E-state index in [0.717, 1.165) is 30.8 Å². The molecular formula is C29H34BrN3O4. The van der Waals surface area contributed by atoms with Gasteiger partial charge in [0.2, 0.25) is 12.4 Å². The Balaban J connectivity index is 0.000000299. The minimum Gasteiger partial charge on any atom is -1.00 e. The van der Waals surface area contributed by atoms with Gasteiger partial charge in [0.05, 0.1) is 0 Å². The second-order valence-electron chi connectivity index (χ2n) is 8.23. The number of hydrogen-bond donors (Lipinski definition) is 2. The molecule has 8 heteroatoms. The van der Waals surface area contributed by atoms with Crippen LogP contribution in [0.5, 0.6) is 11.5 Å². The Labute approximate surface area is 229 Å². The summed E-state index contributed by atoms with van der Waals surface area (Å²) in [7, 11) is 2.82. The third kappa shape index (κ3) is 13.7. The topological polar surface area (TPSA) is 91.6 Å². The van der Waals surface area contributed by atoms with Crippen molar-refractivity contribution in [1.82, 2.24) is 4.90 Å². The minimum absolute atomic E-state index is 0. The van der Waals surface area contributed by atoms with Crippen molar-refractivity contribution in [3.8, 4) is 11.5 Å². The molecule has 0 aliphatic heterocycles. The summed E-state index contributed by atoms with van der Waals surface area (Å²) in [6, 6.07) is 27.7. The van der Waals surface area contributed by atoms with Gasteiger partial charge in [-0.05, 0) is 23.3 Å². The van der Waals surface area contributed by atoms with Crippen molar-refractivity contribution in [1.29, 1.82) is 0 Å². The first kappa shape index (κ1) is 31.1. The summed E-state index contributed by atoms with van der Waals surface area (Å²) in [6.07, 6.45) is 8.20. The number of halogens is 1. The first-order valence-corrected chi connectivity index (χ1v) is 11.7. The van der Waals surface area contributed by atoms with E-state index in [4.69, 9.17) is 0 Å². The van der Waals surface area contributed by atoms with Gasteiger partial charge >= 0.3 is 0 Å². The zero-order chi connectivity index (χ0) is 26.2. The highest BCUT2D eigenvalue weighted by Crippen LogP contribution is 2.03. The molecule has 0 saturated carbocycles.